The number of hydrogen-bond donors (Lipinski definition) is 0. The first-order valence-electron chi connectivity index (χ1n) is 7.65. The minimum absolute atomic E-state index is 0.0827. The van der Waals surface area contributed by atoms with Crippen LogP contribution in [0, 0.1) is 0 Å². The molecule has 0 aliphatic heterocycles. The fourth-order valence-electron chi connectivity index (χ4n) is 2.16. The number of halogens is 1. The first-order valence-corrected chi connectivity index (χ1v) is 8.03. The molecule has 0 N–H and O–H groups in total. The molecule has 22 heavy (non-hydrogen) atoms. The minimum atomic E-state index is 0.0827. The van der Waals surface area contributed by atoms with Crippen molar-refractivity contribution >= 4 is 11.6 Å². The van der Waals surface area contributed by atoms with E-state index < -0.39 is 0 Å². The van der Waals surface area contributed by atoms with E-state index in [1.807, 2.05) is 24.3 Å². The van der Waals surface area contributed by atoms with E-state index in [-0.39, 0.29) is 10.8 Å². The van der Waals surface area contributed by atoms with Gasteiger partial charge in [0, 0.05) is 5.02 Å². The van der Waals surface area contributed by atoms with Gasteiger partial charge in [-0.05, 0) is 58.4 Å². The van der Waals surface area contributed by atoms with Gasteiger partial charge in [0.2, 0.25) is 0 Å². The molecule has 2 aromatic carbocycles. The second-order valence-corrected chi connectivity index (χ2v) is 8.24. The van der Waals surface area contributed by atoms with Gasteiger partial charge in [0.05, 0.1) is 0 Å². The van der Waals surface area contributed by atoms with Crippen molar-refractivity contribution in [3.8, 4) is 11.5 Å². The van der Waals surface area contributed by atoms with Gasteiger partial charge in [0.1, 0.15) is 11.5 Å². The van der Waals surface area contributed by atoms with Crippen molar-refractivity contribution in [2.75, 3.05) is 0 Å². The predicted octanol–water partition coefficient (Wildman–Crippen LogP) is 6.73. The average molecular weight is 317 g/mol. The van der Waals surface area contributed by atoms with E-state index in [1.54, 1.807) is 0 Å². The molecule has 0 atom stereocenters. The Balaban J connectivity index is 2.44. The number of benzene rings is 2. The normalized spacial score (nSPS) is 12.3. The minimum Gasteiger partial charge on any atom is -0.457 e. The molecule has 1 nitrogen and oxygen atoms in total. The molecule has 0 bridgehead atoms. The van der Waals surface area contributed by atoms with Crippen molar-refractivity contribution in [3.63, 3.8) is 0 Å². The Labute approximate surface area is 139 Å². The van der Waals surface area contributed by atoms with Crippen LogP contribution < -0.4 is 4.74 Å². The van der Waals surface area contributed by atoms with Gasteiger partial charge < -0.3 is 4.74 Å². The molecule has 0 radical (unpaired) electrons. The van der Waals surface area contributed by atoms with Gasteiger partial charge in [0.25, 0.3) is 0 Å². The second kappa shape index (κ2) is 5.96. The van der Waals surface area contributed by atoms with E-state index in [2.05, 4.69) is 59.7 Å². The maximum atomic E-state index is 6.05. The first kappa shape index (κ1) is 16.9. The molecule has 0 fully saturated rings. The lowest BCUT2D eigenvalue weighted by atomic mass is 9.80. The summed E-state index contributed by atoms with van der Waals surface area (Å²) in [7, 11) is 0. The zero-order chi connectivity index (χ0) is 16.5. The third-order valence-electron chi connectivity index (χ3n) is 3.69. The molecule has 0 saturated heterocycles. The van der Waals surface area contributed by atoms with Crippen LogP contribution in [0.2, 0.25) is 5.02 Å². The quantitative estimate of drug-likeness (QED) is 0.597. The summed E-state index contributed by atoms with van der Waals surface area (Å²) in [4.78, 5) is 0. The molecule has 0 unspecified atom stereocenters. The molecule has 0 aliphatic rings. The van der Waals surface area contributed by atoms with Crippen molar-refractivity contribution in [3.05, 3.63) is 58.6 Å². The Morgan fingerprint density at radius 3 is 1.55 bits per heavy atom. The van der Waals surface area contributed by atoms with Crippen LogP contribution in [0.5, 0.6) is 11.5 Å². The van der Waals surface area contributed by atoms with Crippen molar-refractivity contribution < 1.29 is 4.74 Å². The van der Waals surface area contributed by atoms with E-state index in [1.165, 1.54) is 11.1 Å². The summed E-state index contributed by atoms with van der Waals surface area (Å²) in [5.41, 5.74) is 2.73. The Morgan fingerprint density at radius 1 is 0.682 bits per heavy atom. The summed E-state index contributed by atoms with van der Waals surface area (Å²) < 4.78 is 6.05. The van der Waals surface area contributed by atoms with Gasteiger partial charge in [-0.1, -0.05) is 59.2 Å². The third kappa shape index (κ3) is 4.27. The standard InChI is InChI=1S/C20H25ClO/c1-19(2,3)14-11-15(20(4,5)6)13-18(12-14)22-17-9-7-16(21)8-10-17/h7-13H,1-6H3. The fraction of sp³-hybridized carbons (Fsp3) is 0.400. The lowest BCUT2D eigenvalue weighted by Crippen LogP contribution is -2.16. The fourth-order valence-corrected chi connectivity index (χ4v) is 2.29. The van der Waals surface area contributed by atoms with E-state index in [4.69, 9.17) is 16.3 Å². The number of hydrogen-bond acceptors (Lipinski definition) is 1. The highest BCUT2D eigenvalue weighted by molar-refractivity contribution is 6.30. The SMILES string of the molecule is CC(C)(C)c1cc(Oc2ccc(Cl)cc2)cc(C(C)(C)C)c1. The molecular weight excluding hydrogens is 292 g/mol. The van der Waals surface area contributed by atoms with Crippen LogP contribution in [0.4, 0.5) is 0 Å². The lowest BCUT2D eigenvalue weighted by molar-refractivity contribution is 0.473. The van der Waals surface area contributed by atoms with Crippen molar-refractivity contribution in [2.24, 2.45) is 0 Å². The molecule has 0 aliphatic carbocycles. The largest absolute Gasteiger partial charge is 0.457 e. The summed E-state index contributed by atoms with van der Waals surface area (Å²) in [6, 6.07) is 14.0. The van der Waals surface area contributed by atoms with Crippen molar-refractivity contribution in [2.45, 2.75) is 52.4 Å². The zero-order valence-corrected chi connectivity index (χ0v) is 15.1. The smallest absolute Gasteiger partial charge is 0.128 e. The van der Waals surface area contributed by atoms with Crippen molar-refractivity contribution in [1.82, 2.24) is 0 Å². The molecular formula is C20H25ClO. The summed E-state index contributed by atoms with van der Waals surface area (Å²) >= 11 is 5.93. The van der Waals surface area contributed by atoms with Crippen LogP contribution in [0.1, 0.15) is 52.7 Å². The first-order chi connectivity index (χ1) is 10.1. The molecule has 0 amide bonds. The molecule has 2 heteroatoms. The topological polar surface area (TPSA) is 9.23 Å². The Hall–Kier alpha value is -1.47. The summed E-state index contributed by atoms with van der Waals surface area (Å²) in [5, 5.41) is 0.714. The van der Waals surface area contributed by atoms with Gasteiger partial charge in [0.15, 0.2) is 0 Å². The average Bonchev–Trinajstić information content (AvgIpc) is 2.39. The maximum absolute atomic E-state index is 6.05. The van der Waals surface area contributed by atoms with Crippen LogP contribution in [-0.2, 0) is 10.8 Å². The van der Waals surface area contributed by atoms with Crippen LogP contribution in [0.15, 0.2) is 42.5 Å². The molecule has 0 spiro atoms. The molecule has 2 aromatic rings. The monoisotopic (exact) mass is 316 g/mol. The Kier molecular flexibility index (Phi) is 4.58. The van der Waals surface area contributed by atoms with Crippen LogP contribution in [0.3, 0.4) is 0 Å². The van der Waals surface area contributed by atoms with E-state index in [9.17, 15) is 0 Å². The lowest BCUT2D eigenvalue weighted by Gasteiger charge is -2.26. The highest BCUT2D eigenvalue weighted by Gasteiger charge is 2.21. The molecule has 0 heterocycles. The van der Waals surface area contributed by atoms with Gasteiger partial charge >= 0.3 is 0 Å². The van der Waals surface area contributed by atoms with Gasteiger partial charge in [-0.3, -0.25) is 0 Å². The van der Waals surface area contributed by atoms with Crippen molar-refractivity contribution in [1.29, 1.82) is 0 Å². The highest BCUT2D eigenvalue weighted by Crippen LogP contribution is 2.34. The molecule has 0 aromatic heterocycles. The van der Waals surface area contributed by atoms with Crippen LogP contribution >= 0.6 is 11.6 Å². The summed E-state index contributed by atoms with van der Waals surface area (Å²) in [6.45, 7) is 13.3. The number of ether oxygens (including phenoxy) is 1. The van der Waals surface area contributed by atoms with Gasteiger partial charge in [-0.2, -0.15) is 0 Å². The van der Waals surface area contributed by atoms with Gasteiger partial charge in [-0.25, -0.2) is 0 Å². The zero-order valence-electron chi connectivity index (χ0n) is 14.3. The summed E-state index contributed by atoms with van der Waals surface area (Å²) in [6.07, 6.45) is 0. The van der Waals surface area contributed by atoms with E-state index in [0.717, 1.165) is 11.5 Å². The maximum Gasteiger partial charge on any atom is 0.128 e. The third-order valence-corrected chi connectivity index (χ3v) is 3.94. The predicted molar refractivity (Wildman–Crippen MR) is 95.4 cm³/mol. The summed E-state index contributed by atoms with van der Waals surface area (Å²) in [5.74, 6) is 1.68. The molecule has 0 saturated carbocycles. The van der Waals surface area contributed by atoms with E-state index in [0.29, 0.717) is 5.02 Å². The van der Waals surface area contributed by atoms with Gasteiger partial charge in [-0.15, -0.1) is 0 Å². The second-order valence-electron chi connectivity index (χ2n) is 7.80. The Morgan fingerprint density at radius 2 is 1.14 bits per heavy atom. The van der Waals surface area contributed by atoms with Crippen LogP contribution in [0.25, 0.3) is 0 Å². The number of rotatable bonds is 2. The highest BCUT2D eigenvalue weighted by atomic mass is 35.5. The molecule has 118 valence electrons. The Bertz CT molecular complexity index is 611. The molecule has 2 rings (SSSR count). The van der Waals surface area contributed by atoms with Crippen LogP contribution in [-0.4, -0.2) is 0 Å². The van der Waals surface area contributed by atoms with E-state index >= 15 is 0 Å².